The fourth-order valence-electron chi connectivity index (χ4n) is 3.67. The first-order chi connectivity index (χ1) is 14.9. The van der Waals surface area contributed by atoms with Crippen LogP contribution >= 0.6 is 24.0 Å². The molecule has 0 atom stereocenters. The zero-order chi connectivity index (χ0) is 20.9. The van der Waals surface area contributed by atoms with Crippen molar-refractivity contribution in [3.8, 4) is 0 Å². The Kier molecular flexibility index (Phi) is 12.6. The van der Waals surface area contributed by atoms with Gasteiger partial charge in [0.1, 0.15) is 0 Å². The van der Waals surface area contributed by atoms with Gasteiger partial charge in [0.05, 0.1) is 12.6 Å². The highest BCUT2D eigenvalue weighted by atomic mass is 127. The molecular formula is C25H36IN3O2. The molecule has 1 heterocycles. The third-order valence-corrected chi connectivity index (χ3v) is 5.32. The fourth-order valence-corrected chi connectivity index (χ4v) is 3.67. The Labute approximate surface area is 204 Å². The number of rotatable bonds is 10. The lowest BCUT2D eigenvalue weighted by atomic mass is 9.91. The summed E-state index contributed by atoms with van der Waals surface area (Å²) in [5, 5.41) is 6.81. The second-order valence-electron chi connectivity index (χ2n) is 7.56. The van der Waals surface area contributed by atoms with E-state index in [1.165, 1.54) is 11.1 Å². The van der Waals surface area contributed by atoms with Crippen LogP contribution in [-0.4, -0.2) is 51.5 Å². The number of nitrogens with zero attached hydrogens (tertiary/aromatic N) is 1. The molecule has 31 heavy (non-hydrogen) atoms. The molecule has 170 valence electrons. The van der Waals surface area contributed by atoms with E-state index in [4.69, 9.17) is 14.5 Å². The van der Waals surface area contributed by atoms with E-state index in [2.05, 4.69) is 78.2 Å². The van der Waals surface area contributed by atoms with Crippen molar-refractivity contribution in [3.63, 3.8) is 0 Å². The number of halogens is 1. The highest BCUT2D eigenvalue weighted by Crippen LogP contribution is 2.24. The van der Waals surface area contributed by atoms with Crippen LogP contribution in [0.25, 0.3) is 0 Å². The number of ether oxygens (including phenoxy) is 2. The van der Waals surface area contributed by atoms with E-state index in [1.54, 1.807) is 0 Å². The largest absolute Gasteiger partial charge is 0.381 e. The van der Waals surface area contributed by atoms with Gasteiger partial charge >= 0.3 is 0 Å². The Morgan fingerprint density at radius 3 is 2.19 bits per heavy atom. The third kappa shape index (κ3) is 9.17. The lowest BCUT2D eigenvalue weighted by Crippen LogP contribution is -2.38. The molecule has 0 bridgehead atoms. The number of hydrogen-bond acceptors (Lipinski definition) is 3. The summed E-state index contributed by atoms with van der Waals surface area (Å²) in [5.74, 6) is 1.10. The van der Waals surface area contributed by atoms with Crippen LogP contribution in [0.5, 0.6) is 0 Å². The lowest BCUT2D eigenvalue weighted by molar-refractivity contribution is -0.0320. The van der Waals surface area contributed by atoms with Crippen molar-refractivity contribution in [3.05, 3.63) is 71.8 Å². The summed E-state index contributed by atoms with van der Waals surface area (Å²) in [6.07, 6.45) is 3.34. The predicted octanol–water partition coefficient (Wildman–Crippen LogP) is 4.58. The van der Waals surface area contributed by atoms with Gasteiger partial charge in [0.25, 0.3) is 0 Å². The quantitative estimate of drug-likeness (QED) is 0.202. The predicted molar refractivity (Wildman–Crippen MR) is 139 cm³/mol. The molecule has 1 aliphatic rings. The van der Waals surface area contributed by atoms with Crippen LogP contribution in [0.4, 0.5) is 0 Å². The van der Waals surface area contributed by atoms with Gasteiger partial charge in [-0.05, 0) is 37.3 Å². The minimum Gasteiger partial charge on any atom is -0.381 e. The Hall–Kier alpha value is -1.64. The summed E-state index contributed by atoms with van der Waals surface area (Å²) in [6.45, 7) is 6.89. The molecule has 2 aromatic carbocycles. The van der Waals surface area contributed by atoms with Gasteiger partial charge in [-0.2, -0.15) is 0 Å². The Morgan fingerprint density at radius 2 is 1.61 bits per heavy atom. The van der Waals surface area contributed by atoms with Gasteiger partial charge in [-0.25, -0.2) is 0 Å². The van der Waals surface area contributed by atoms with Gasteiger partial charge < -0.3 is 20.1 Å². The second kappa shape index (κ2) is 15.2. The standard InChI is InChI=1S/C25H35N3O2.HI/c1-2-26-25(27-16-9-17-30-23-14-18-29-19-15-23)28-20-24(21-10-5-3-6-11-21)22-12-7-4-8-13-22;/h3-8,10-13,23-24H,2,9,14-20H2,1H3,(H2,26,27,28);1H. The van der Waals surface area contributed by atoms with E-state index >= 15 is 0 Å². The van der Waals surface area contributed by atoms with Gasteiger partial charge in [-0.3, -0.25) is 4.99 Å². The highest BCUT2D eigenvalue weighted by Gasteiger charge is 2.15. The number of benzene rings is 2. The van der Waals surface area contributed by atoms with Crippen LogP contribution in [0.3, 0.4) is 0 Å². The molecule has 0 spiro atoms. The van der Waals surface area contributed by atoms with Gasteiger partial charge in [0.2, 0.25) is 0 Å². The van der Waals surface area contributed by atoms with Crippen LogP contribution in [0, 0.1) is 0 Å². The molecule has 0 saturated carbocycles. The monoisotopic (exact) mass is 537 g/mol. The Bertz CT molecular complexity index is 697. The molecular weight excluding hydrogens is 501 g/mol. The molecule has 0 amide bonds. The number of nitrogens with one attached hydrogen (secondary N) is 2. The fraction of sp³-hybridized carbons (Fsp3) is 0.480. The minimum atomic E-state index is 0. The maximum absolute atomic E-state index is 5.96. The highest BCUT2D eigenvalue weighted by molar-refractivity contribution is 14.0. The zero-order valence-electron chi connectivity index (χ0n) is 18.5. The molecule has 0 unspecified atom stereocenters. The molecule has 0 radical (unpaired) electrons. The van der Waals surface area contributed by atoms with Crippen molar-refractivity contribution >= 4 is 29.9 Å². The van der Waals surface area contributed by atoms with Crippen molar-refractivity contribution in [2.75, 3.05) is 39.5 Å². The zero-order valence-corrected chi connectivity index (χ0v) is 20.8. The van der Waals surface area contributed by atoms with E-state index in [0.29, 0.717) is 12.6 Å². The molecule has 3 rings (SSSR count). The van der Waals surface area contributed by atoms with Gasteiger partial charge in [0, 0.05) is 38.8 Å². The van der Waals surface area contributed by atoms with E-state index < -0.39 is 0 Å². The molecule has 5 nitrogen and oxygen atoms in total. The topological polar surface area (TPSA) is 54.9 Å². The van der Waals surface area contributed by atoms with Crippen molar-refractivity contribution in [1.29, 1.82) is 0 Å². The molecule has 2 aromatic rings. The molecule has 1 fully saturated rings. The van der Waals surface area contributed by atoms with Crippen LogP contribution in [-0.2, 0) is 9.47 Å². The van der Waals surface area contributed by atoms with Gasteiger partial charge in [0.15, 0.2) is 5.96 Å². The van der Waals surface area contributed by atoms with Gasteiger partial charge in [-0.1, -0.05) is 60.7 Å². The van der Waals surface area contributed by atoms with Crippen LogP contribution in [0.2, 0.25) is 0 Å². The minimum absolute atomic E-state index is 0. The summed E-state index contributed by atoms with van der Waals surface area (Å²) in [6, 6.07) is 21.2. The summed E-state index contributed by atoms with van der Waals surface area (Å²) < 4.78 is 11.3. The molecule has 0 aromatic heterocycles. The maximum Gasteiger partial charge on any atom is 0.191 e. The number of guanidine groups is 1. The van der Waals surface area contributed by atoms with Gasteiger partial charge in [-0.15, -0.1) is 24.0 Å². The molecule has 1 saturated heterocycles. The van der Waals surface area contributed by atoms with E-state index in [1.807, 2.05) is 0 Å². The van der Waals surface area contributed by atoms with E-state index in [9.17, 15) is 0 Å². The summed E-state index contributed by atoms with van der Waals surface area (Å²) in [4.78, 5) is 4.89. The number of hydrogen-bond donors (Lipinski definition) is 2. The summed E-state index contributed by atoms with van der Waals surface area (Å²) in [7, 11) is 0. The lowest BCUT2D eigenvalue weighted by Gasteiger charge is -2.22. The average molecular weight is 537 g/mol. The van der Waals surface area contributed by atoms with E-state index in [-0.39, 0.29) is 29.9 Å². The smallest absolute Gasteiger partial charge is 0.191 e. The molecule has 6 heteroatoms. The first-order valence-electron chi connectivity index (χ1n) is 11.2. The number of aliphatic imine (C=N–C) groups is 1. The van der Waals surface area contributed by atoms with E-state index in [0.717, 1.165) is 58.1 Å². The third-order valence-electron chi connectivity index (χ3n) is 5.32. The second-order valence-corrected chi connectivity index (χ2v) is 7.56. The molecule has 0 aliphatic carbocycles. The Balaban J connectivity index is 0.00000341. The van der Waals surface area contributed by atoms with Crippen molar-refractivity contribution in [1.82, 2.24) is 10.6 Å². The van der Waals surface area contributed by atoms with Crippen LogP contribution < -0.4 is 10.6 Å². The van der Waals surface area contributed by atoms with Crippen molar-refractivity contribution < 1.29 is 9.47 Å². The maximum atomic E-state index is 5.96. The average Bonchev–Trinajstić information content (AvgIpc) is 2.81. The first-order valence-corrected chi connectivity index (χ1v) is 11.2. The molecule has 2 N–H and O–H groups in total. The Morgan fingerprint density at radius 1 is 1.00 bits per heavy atom. The summed E-state index contributed by atoms with van der Waals surface area (Å²) >= 11 is 0. The molecule has 1 aliphatic heterocycles. The normalized spacial score (nSPS) is 14.8. The van der Waals surface area contributed by atoms with Crippen molar-refractivity contribution in [2.24, 2.45) is 4.99 Å². The van der Waals surface area contributed by atoms with Crippen LogP contribution in [0.1, 0.15) is 43.2 Å². The van der Waals surface area contributed by atoms with Crippen LogP contribution in [0.15, 0.2) is 65.7 Å². The summed E-state index contributed by atoms with van der Waals surface area (Å²) in [5.41, 5.74) is 2.57. The van der Waals surface area contributed by atoms with Crippen molar-refractivity contribution in [2.45, 2.75) is 38.2 Å². The SMILES string of the molecule is CCNC(=NCC(c1ccccc1)c1ccccc1)NCCCOC1CCOCC1.I. The first kappa shape index (κ1) is 25.6.